The molecule has 2 heterocycles. The maximum atomic E-state index is 10.8. The molecule has 0 aliphatic carbocycles. The quantitative estimate of drug-likeness (QED) is 0.735. The Labute approximate surface area is 85.9 Å². The zero-order valence-electron chi connectivity index (χ0n) is 8.47. The third kappa shape index (κ3) is 1.93. The van der Waals surface area contributed by atoms with Crippen molar-refractivity contribution in [2.75, 3.05) is 0 Å². The van der Waals surface area contributed by atoms with E-state index >= 15 is 0 Å². The normalized spacial score (nSPS) is 10.5. The van der Waals surface area contributed by atoms with Gasteiger partial charge < -0.3 is 9.09 Å². The van der Waals surface area contributed by atoms with Gasteiger partial charge in [-0.15, -0.1) is 0 Å². The molecule has 6 heteroatoms. The summed E-state index contributed by atoms with van der Waals surface area (Å²) < 4.78 is 6.70. The third-order valence-electron chi connectivity index (χ3n) is 1.89. The molecule has 0 unspecified atom stereocenters. The number of Topliss-reactive ketones (excluding diaryl/α,β-unsaturated/α-hetero) is 1. The van der Waals surface area contributed by atoms with Gasteiger partial charge in [0.05, 0.1) is 6.42 Å². The van der Waals surface area contributed by atoms with E-state index in [2.05, 4.69) is 15.1 Å². The first-order valence-electron chi connectivity index (χ1n) is 4.46. The molecular weight excluding hydrogens is 196 g/mol. The molecule has 0 N–H and O–H groups in total. The van der Waals surface area contributed by atoms with Crippen LogP contribution in [0.15, 0.2) is 16.9 Å². The average molecular weight is 206 g/mol. The van der Waals surface area contributed by atoms with Gasteiger partial charge in [-0.1, -0.05) is 5.16 Å². The second-order valence-electron chi connectivity index (χ2n) is 3.25. The Hall–Kier alpha value is -1.98. The summed E-state index contributed by atoms with van der Waals surface area (Å²) in [6, 6.07) is 0. The summed E-state index contributed by atoms with van der Waals surface area (Å²) >= 11 is 0. The molecule has 0 aliphatic heterocycles. The zero-order chi connectivity index (χ0) is 10.8. The highest BCUT2D eigenvalue weighted by atomic mass is 16.5. The SMILES string of the molecule is CC(=O)Cc1nc(-c2nccn2C)no1. The van der Waals surface area contributed by atoms with Crippen LogP contribution in [0.2, 0.25) is 0 Å². The topological polar surface area (TPSA) is 73.8 Å². The summed E-state index contributed by atoms with van der Waals surface area (Å²) in [7, 11) is 1.84. The molecule has 0 aliphatic rings. The minimum Gasteiger partial charge on any atom is -0.338 e. The lowest BCUT2D eigenvalue weighted by Crippen LogP contribution is -1.97. The van der Waals surface area contributed by atoms with Crippen LogP contribution >= 0.6 is 0 Å². The Morgan fingerprint density at radius 2 is 2.40 bits per heavy atom. The minimum atomic E-state index is -0.00922. The minimum absolute atomic E-state index is 0.00922. The summed E-state index contributed by atoms with van der Waals surface area (Å²) in [4.78, 5) is 19.0. The number of ketones is 1. The number of carbonyl (C=O) groups excluding carboxylic acids is 1. The fourth-order valence-electron chi connectivity index (χ4n) is 1.21. The second kappa shape index (κ2) is 3.64. The van der Waals surface area contributed by atoms with Gasteiger partial charge in [-0.3, -0.25) is 4.79 Å². The number of rotatable bonds is 3. The van der Waals surface area contributed by atoms with Crippen molar-refractivity contribution < 1.29 is 9.32 Å². The van der Waals surface area contributed by atoms with Crippen LogP contribution in [-0.2, 0) is 18.3 Å². The first-order valence-corrected chi connectivity index (χ1v) is 4.46. The van der Waals surface area contributed by atoms with Crippen LogP contribution in [0.3, 0.4) is 0 Å². The summed E-state index contributed by atoms with van der Waals surface area (Å²) in [5.41, 5.74) is 0. The molecule has 2 aromatic rings. The number of aryl methyl sites for hydroxylation is 1. The average Bonchev–Trinajstić information content (AvgIpc) is 2.72. The molecule has 0 saturated carbocycles. The van der Waals surface area contributed by atoms with Gasteiger partial charge in [0, 0.05) is 19.4 Å². The highest BCUT2D eigenvalue weighted by molar-refractivity contribution is 5.77. The van der Waals surface area contributed by atoms with Crippen molar-refractivity contribution >= 4 is 5.78 Å². The summed E-state index contributed by atoms with van der Waals surface area (Å²) in [5.74, 6) is 1.33. The number of imidazole rings is 1. The van der Waals surface area contributed by atoms with E-state index in [-0.39, 0.29) is 12.2 Å². The van der Waals surface area contributed by atoms with E-state index in [9.17, 15) is 4.79 Å². The predicted molar refractivity (Wildman–Crippen MR) is 50.9 cm³/mol. The lowest BCUT2D eigenvalue weighted by Gasteiger charge is -1.92. The van der Waals surface area contributed by atoms with Crippen molar-refractivity contribution in [2.45, 2.75) is 13.3 Å². The van der Waals surface area contributed by atoms with E-state index in [4.69, 9.17) is 4.52 Å². The van der Waals surface area contributed by atoms with Gasteiger partial charge in [0.25, 0.3) is 0 Å². The largest absolute Gasteiger partial charge is 0.338 e. The van der Waals surface area contributed by atoms with Gasteiger partial charge in [0.1, 0.15) is 5.78 Å². The molecule has 2 rings (SSSR count). The highest BCUT2D eigenvalue weighted by Crippen LogP contribution is 2.12. The summed E-state index contributed by atoms with van der Waals surface area (Å²) in [6.45, 7) is 1.48. The monoisotopic (exact) mass is 206 g/mol. The van der Waals surface area contributed by atoms with Gasteiger partial charge in [0.2, 0.25) is 11.7 Å². The number of carbonyl (C=O) groups is 1. The first kappa shape index (κ1) is 9.57. The Kier molecular flexibility index (Phi) is 2.32. The van der Waals surface area contributed by atoms with Crippen LogP contribution in [-0.4, -0.2) is 25.5 Å². The van der Waals surface area contributed by atoms with Gasteiger partial charge in [-0.05, 0) is 6.92 Å². The van der Waals surface area contributed by atoms with Gasteiger partial charge in [0.15, 0.2) is 5.82 Å². The second-order valence-corrected chi connectivity index (χ2v) is 3.25. The lowest BCUT2D eigenvalue weighted by molar-refractivity contribution is -0.116. The Morgan fingerprint density at radius 3 is 3.00 bits per heavy atom. The van der Waals surface area contributed by atoms with E-state index in [0.29, 0.717) is 17.5 Å². The standard InChI is InChI=1S/C9H10N4O2/c1-6(14)5-7-11-8(12-15-7)9-10-3-4-13(9)2/h3-4H,5H2,1-2H3. The van der Waals surface area contributed by atoms with Crippen LogP contribution in [0.25, 0.3) is 11.6 Å². The lowest BCUT2D eigenvalue weighted by atomic mass is 10.3. The Balaban J connectivity index is 2.28. The molecule has 0 amide bonds. The Bertz CT molecular complexity index is 486. The predicted octanol–water partition coefficient (Wildman–Crippen LogP) is 0.602. The molecule has 6 nitrogen and oxygen atoms in total. The van der Waals surface area contributed by atoms with Crippen molar-refractivity contribution in [1.82, 2.24) is 19.7 Å². The fraction of sp³-hybridized carbons (Fsp3) is 0.333. The molecular formula is C9H10N4O2. The maximum absolute atomic E-state index is 10.8. The van der Waals surface area contributed by atoms with E-state index in [1.165, 1.54) is 6.92 Å². The number of aromatic nitrogens is 4. The molecule has 0 radical (unpaired) electrons. The third-order valence-corrected chi connectivity index (χ3v) is 1.89. The molecule has 0 aromatic carbocycles. The summed E-state index contributed by atoms with van der Waals surface area (Å²) in [5, 5.41) is 3.75. The number of hydrogen-bond acceptors (Lipinski definition) is 5. The van der Waals surface area contributed by atoms with E-state index in [1.807, 2.05) is 7.05 Å². The van der Waals surface area contributed by atoms with Crippen molar-refractivity contribution in [2.24, 2.45) is 7.05 Å². The molecule has 0 fully saturated rings. The van der Waals surface area contributed by atoms with Crippen LogP contribution in [0.1, 0.15) is 12.8 Å². The van der Waals surface area contributed by atoms with Crippen molar-refractivity contribution in [1.29, 1.82) is 0 Å². The molecule has 15 heavy (non-hydrogen) atoms. The highest BCUT2D eigenvalue weighted by Gasteiger charge is 2.13. The number of nitrogens with zero attached hydrogens (tertiary/aromatic N) is 4. The molecule has 0 bridgehead atoms. The maximum Gasteiger partial charge on any atom is 0.238 e. The molecule has 0 saturated heterocycles. The van der Waals surface area contributed by atoms with Crippen LogP contribution in [0.4, 0.5) is 0 Å². The molecule has 0 spiro atoms. The molecule has 0 atom stereocenters. The van der Waals surface area contributed by atoms with Gasteiger partial charge >= 0.3 is 0 Å². The molecule has 2 aromatic heterocycles. The van der Waals surface area contributed by atoms with Crippen molar-refractivity contribution in [3.63, 3.8) is 0 Å². The molecule has 78 valence electrons. The van der Waals surface area contributed by atoms with Crippen LogP contribution < -0.4 is 0 Å². The van der Waals surface area contributed by atoms with E-state index in [0.717, 1.165) is 0 Å². The number of hydrogen-bond donors (Lipinski definition) is 0. The van der Waals surface area contributed by atoms with E-state index < -0.39 is 0 Å². The summed E-state index contributed by atoms with van der Waals surface area (Å²) in [6.07, 6.45) is 3.60. The van der Waals surface area contributed by atoms with E-state index in [1.54, 1.807) is 17.0 Å². The van der Waals surface area contributed by atoms with Crippen molar-refractivity contribution in [3.05, 3.63) is 18.3 Å². The van der Waals surface area contributed by atoms with Crippen LogP contribution in [0, 0.1) is 0 Å². The van der Waals surface area contributed by atoms with Gasteiger partial charge in [-0.25, -0.2) is 4.98 Å². The Morgan fingerprint density at radius 1 is 1.60 bits per heavy atom. The van der Waals surface area contributed by atoms with Gasteiger partial charge in [-0.2, -0.15) is 4.98 Å². The van der Waals surface area contributed by atoms with Crippen LogP contribution in [0.5, 0.6) is 0 Å². The first-order chi connectivity index (χ1) is 7.16. The fourth-order valence-corrected chi connectivity index (χ4v) is 1.21. The van der Waals surface area contributed by atoms with Crippen molar-refractivity contribution in [3.8, 4) is 11.6 Å². The zero-order valence-corrected chi connectivity index (χ0v) is 8.47. The smallest absolute Gasteiger partial charge is 0.238 e.